The largest absolute Gasteiger partial charge is 0.488 e. The number of benzene rings is 4. The Hall–Kier alpha value is -4.00. The van der Waals surface area contributed by atoms with E-state index in [1.54, 1.807) is 0 Å². The molecule has 1 aliphatic carbocycles. The molecule has 6 heteroatoms. The van der Waals surface area contributed by atoms with Gasteiger partial charge in [-0.05, 0) is 74.8 Å². The number of allylic oxidation sites excluding steroid dienone is 1. The normalized spacial score (nSPS) is 16.1. The van der Waals surface area contributed by atoms with Crippen LogP contribution in [0.3, 0.4) is 0 Å². The third-order valence-corrected chi connectivity index (χ3v) is 9.08. The van der Waals surface area contributed by atoms with Crippen LogP contribution in [0.4, 0.5) is 0 Å². The molecule has 40 heavy (non-hydrogen) atoms. The highest BCUT2D eigenvalue weighted by Gasteiger charge is 2.32. The molecule has 4 aromatic carbocycles. The van der Waals surface area contributed by atoms with Gasteiger partial charge in [0, 0.05) is 5.56 Å². The lowest BCUT2D eigenvalue weighted by Crippen LogP contribution is -2.38. The van der Waals surface area contributed by atoms with Crippen molar-refractivity contribution in [2.24, 2.45) is 4.99 Å². The molecule has 0 saturated carbocycles. The summed E-state index contributed by atoms with van der Waals surface area (Å²) in [7, 11) is 0. The molecule has 4 nitrogen and oxygen atoms in total. The van der Waals surface area contributed by atoms with E-state index >= 15 is 0 Å². The Morgan fingerprint density at radius 2 is 1.68 bits per heavy atom. The van der Waals surface area contributed by atoms with Gasteiger partial charge in [0.2, 0.25) is 0 Å². The smallest absolute Gasteiger partial charge is 0.271 e. The summed E-state index contributed by atoms with van der Waals surface area (Å²) in [6, 6.07) is 34.7. The van der Waals surface area contributed by atoms with Crippen molar-refractivity contribution >= 4 is 39.0 Å². The number of fused-ring (bicyclic) bond motifs is 3. The van der Waals surface area contributed by atoms with Gasteiger partial charge in [0.15, 0.2) is 4.80 Å². The zero-order valence-electron chi connectivity index (χ0n) is 21.6. The van der Waals surface area contributed by atoms with Crippen molar-refractivity contribution in [1.29, 1.82) is 0 Å². The van der Waals surface area contributed by atoms with Crippen molar-refractivity contribution in [3.63, 3.8) is 0 Å². The number of nitrogens with zero attached hydrogens (tertiary/aromatic N) is 2. The van der Waals surface area contributed by atoms with Gasteiger partial charge in [0.25, 0.3) is 5.56 Å². The third-order valence-electron chi connectivity index (χ3n) is 7.48. The predicted molar refractivity (Wildman–Crippen MR) is 164 cm³/mol. The number of halogens is 1. The van der Waals surface area contributed by atoms with Gasteiger partial charge >= 0.3 is 0 Å². The van der Waals surface area contributed by atoms with Gasteiger partial charge in [-0.2, -0.15) is 0 Å². The molecule has 1 atom stereocenters. The van der Waals surface area contributed by atoms with Crippen LogP contribution in [0.25, 0.3) is 11.8 Å². The predicted octanol–water partition coefficient (Wildman–Crippen LogP) is 6.66. The van der Waals surface area contributed by atoms with Crippen molar-refractivity contribution in [2.75, 3.05) is 0 Å². The van der Waals surface area contributed by atoms with Gasteiger partial charge in [-0.3, -0.25) is 9.36 Å². The fourth-order valence-electron chi connectivity index (χ4n) is 5.57. The number of aryl methyl sites for hydroxylation is 1. The second-order valence-corrected chi connectivity index (χ2v) is 11.9. The summed E-state index contributed by atoms with van der Waals surface area (Å²) in [5.74, 6) is 0.762. The molecule has 1 aliphatic heterocycles. The molecule has 0 amide bonds. The number of hydrogen-bond acceptors (Lipinski definition) is 4. The molecule has 196 valence electrons. The zero-order valence-corrected chi connectivity index (χ0v) is 24.0. The summed E-state index contributed by atoms with van der Waals surface area (Å²) in [6.07, 6.45) is 3.79. The van der Waals surface area contributed by atoms with E-state index in [-0.39, 0.29) is 11.6 Å². The molecule has 0 spiro atoms. The van der Waals surface area contributed by atoms with Crippen LogP contribution in [0, 0.1) is 0 Å². The second-order valence-electron chi connectivity index (χ2n) is 9.99. The van der Waals surface area contributed by atoms with Crippen LogP contribution in [0.2, 0.25) is 0 Å². The van der Waals surface area contributed by atoms with Gasteiger partial charge in [-0.15, -0.1) is 0 Å². The highest BCUT2D eigenvalue weighted by Crippen LogP contribution is 2.41. The number of thiazole rings is 1. The molecule has 7 rings (SSSR count). The van der Waals surface area contributed by atoms with E-state index in [4.69, 9.17) is 9.73 Å². The molecule has 2 heterocycles. The first kappa shape index (κ1) is 25.0. The first-order valence-corrected chi connectivity index (χ1v) is 14.9. The minimum atomic E-state index is -0.163. The molecule has 0 N–H and O–H groups in total. The average Bonchev–Trinajstić information content (AvgIpc) is 3.30. The Morgan fingerprint density at radius 1 is 0.925 bits per heavy atom. The van der Waals surface area contributed by atoms with Crippen molar-refractivity contribution in [3.05, 3.63) is 161 Å². The first-order chi connectivity index (χ1) is 19.7. The molecular formula is C34H25BrN2O2S. The SMILES string of the molecule is O=c1/c(=C\c2ccc(OCc3ccccc3)c(Br)c2)sc2n1[C@@H](c1ccccc1)C1=C(N=2)c2ccccc2CC1. The maximum Gasteiger partial charge on any atom is 0.271 e. The Bertz CT molecular complexity index is 1940. The van der Waals surface area contributed by atoms with E-state index in [9.17, 15) is 4.79 Å². The van der Waals surface area contributed by atoms with E-state index in [1.807, 2.05) is 77.4 Å². The average molecular weight is 606 g/mol. The quantitative estimate of drug-likeness (QED) is 0.225. The molecule has 1 aromatic heterocycles. The lowest BCUT2D eigenvalue weighted by Gasteiger charge is -2.30. The fourth-order valence-corrected chi connectivity index (χ4v) is 7.08. The van der Waals surface area contributed by atoms with Crippen LogP contribution in [0.1, 0.15) is 40.3 Å². The summed E-state index contributed by atoms with van der Waals surface area (Å²) in [5, 5.41) is 0. The summed E-state index contributed by atoms with van der Waals surface area (Å²) < 4.78 is 9.42. The molecular weight excluding hydrogens is 580 g/mol. The van der Waals surface area contributed by atoms with Gasteiger partial charge < -0.3 is 4.74 Å². The van der Waals surface area contributed by atoms with Crippen molar-refractivity contribution in [2.45, 2.75) is 25.5 Å². The summed E-state index contributed by atoms with van der Waals surface area (Å²) in [4.78, 5) is 19.8. The van der Waals surface area contributed by atoms with Crippen LogP contribution in [-0.2, 0) is 13.0 Å². The molecule has 0 fully saturated rings. The first-order valence-electron chi connectivity index (χ1n) is 13.3. The Morgan fingerprint density at radius 3 is 2.48 bits per heavy atom. The van der Waals surface area contributed by atoms with Gasteiger partial charge in [-0.1, -0.05) is 102 Å². The van der Waals surface area contributed by atoms with Crippen molar-refractivity contribution < 1.29 is 4.74 Å². The molecule has 0 unspecified atom stereocenters. The molecule has 0 saturated heterocycles. The molecule has 5 aromatic rings. The monoisotopic (exact) mass is 604 g/mol. The molecule has 2 aliphatic rings. The second kappa shape index (κ2) is 10.5. The fraction of sp³-hybridized carbons (Fsp3) is 0.118. The van der Waals surface area contributed by atoms with Crippen LogP contribution in [-0.4, -0.2) is 4.57 Å². The van der Waals surface area contributed by atoms with Crippen LogP contribution >= 0.6 is 27.3 Å². The number of aromatic nitrogens is 1. The molecule has 0 bridgehead atoms. The number of rotatable bonds is 5. The summed E-state index contributed by atoms with van der Waals surface area (Å²) >= 11 is 5.11. The summed E-state index contributed by atoms with van der Waals surface area (Å²) in [5.41, 5.74) is 7.86. The maximum absolute atomic E-state index is 14.0. The van der Waals surface area contributed by atoms with Crippen molar-refractivity contribution in [3.8, 4) is 5.75 Å². The van der Waals surface area contributed by atoms with Crippen LogP contribution in [0.5, 0.6) is 5.75 Å². The van der Waals surface area contributed by atoms with E-state index in [2.05, 4.69) is 52.3 Å². The Labute approximate surface area is 244 Å². The highest BCUT2D eigenvalue weighted by atomic mass is 79.9. The van der Waals surface area contributed by atoms with Crippen molar-refractivity contribution in [1.82, 2.24) is 4.57 Å². The Balaban J connectivity index is 1.30. The van der Waals surface area contributed by atoms with E-state index in [1.165, 1.54) is 28.0 Å². The summed E-state index contributed by atoms with van der Waals surface area (Å²) in [6.45, 7) is 0.491. The van der Waals surface area contributed by atoms with Gasteiger partial charge in [0.1, 0.15) is 12.4 Å². The lowest BCUT2D eigenvalue weighted by atomic mass is 9.83. The van der Waals surface area contributed by atoms with Crippen LogP contribution in [0.15, 0.2) is 123 Å². The van der Waals surface area contributed by atoms with Gasteiger partial charge in [-0.25, -0.2) is 4.99 Å². The Kier molecular flexibility index (Phi) is 6.58. The van der Waals surface area contributed by atoms with Gasteiger partial charge in [0.05, 0.1) is 20.7 Å². The van der Waals surface area contributed by atoms with Crippen LogP contribution < -0.4 is 19.6 Å². The van der Waals surface area contributed by atoms with E-state index in [0.29, 0.717) is 11.1 Å². The topological polar surface area (TPSA) is 43.6 Å². The standard InChI is InChI=1S/C34H25BrN2O2S/c35-28-19-23(15-18-29(28)39-21-22-9-3-1-4-10-22)20-30-33(38)37-32(25-12-5-2-6-13-25)27-17-16-24-11-7-8-14-26(24)31(27)36-34(37)40-30/h1-15,18-20,32H,16-17,21H2/b30-20+/t32-/m0/s1. The maximum atomic E-state index is 14.0. The van der Waals surface area contributed by atoms with E-state index < -0.39 is 0 Å². The number of hydrogen-bond donors (Lipinski definition) is 0. The lowest BCUT2D eigenvalue weighted by molar-refractivity contribution is 0.304. The third kappa shape index (κ3) is 4.57. The molecule has 0 radical (unpaired) electrons. The number of ether oxygens (including phenoxy) is 1. The highest BCUT2D eigenvalue weighted by molar-refractivity contribution is 9.10. The van der Waals surface area contributed by atoms with E-state index in [0.717, 1.165) is 50.3 Å². The zero-order chi connectivity index (χ0) is 27.1. The minimum Gasteiger partial charge on any atom is -0.488 e. The minimum absolute atomic E-state index is 0.0106.